The van der Waals surface area contributed by atoms with Crippen molar-refractivity contribution in [2.45, 2.75) is 38.3 Å². The number of nitrogens with one attached hydrogen (secondary N) is 2. The van der Waals surface area contributed by atoms with Gasteiger partial charge in [-0.1, -0.05) is 30.3 Å². The van der Waals surface area contributed by atoms with Crippen LogP contribution in [0, 0.1) is 0 Å². The van der Waals surface area contributed by atoms with E-state index in [9.17, 15) is 9.59 Å². The fourth-order valence-corrected chi connectivity index (χ4v) is 3.80. The third-order valence-electron chi connectivity index (χ3n) is 5.38. The van der Waals surface area contributed by atoms with Gasteiger partial charge in [0.05, 0.1) is 6.04 Å². The zero-order chi connectivity index (χ0) is 20.9. The van der Waals surface area contributed by atoms with Crippen LogP contribution in [0.3, 0.4) is 0 Å². The van der Waals surface area contributed by atoms with Gasteiger partial charge in [0.15, 0.2) is 11.5 Å². The molecule has 0 bridgehead atoms. The first kappa shape index (κ1) is 20.1. The van der Waals surface area contributed by atoms with Gasteiger partial charge in [0.25, 0.3) is 0 Å². The van der Waals surface area contributed by atoms with Crippen LogP contribution < -0.4 is 25.0 Å². The monoisotopic (exact) mass is 409 g/mol. The maximum Gasteiger partial charge on any atom is 0.315 e. The largest absolute Gasteiger partial charge is 0.486 e. The topological polar surface area (TPSA) is 79.9 Å². The lowest BCUT2D eigenvalue weighted by molar-refractivity contribution is -0.117. The van der Waals surface area contributed by atoms with Gasteiger partial charge in [0.2, 0.25) is 5.91 Å². The van der Waals surface area contributed by atoms with E-state index >= 15 is 0 Å². The normalized spacial score (nSPS) is 18.8. The van der Waals surface area contributed by atoms with E-state index in [2.05, 4.69) is 22.8 Å². The summed E-state index contributed by atoms with van der Waals surface area (Å²) in [7, 11) is 0. The number of nitrogens with zero attached hydrogens (tertiary/aromatic N) is 1. The number of hydrogen-bond donors (Lipinski definition) is 2. The molecule has 2 heterocycles. The SMILES string of the molecule is C[C@H](CCc1ccccc1)NC(=O)N[C@@H]1CC(=O)N(c2ccc3c(c2)OCCO3)C1. The van der Waals surface area contributed by atoms with Gasteiger partial charge >= 0.3 is 6.03 Å². The molecule has 0 aromatic heterocycles. The molecule has 0 unspecified atom stereocenters. The van der Waals surface area contributed by atoms with Gasteiger partial charge in [0, 0.05) is 30.8 Å². The van der Waals surface area contributed by atoms with E-state index in [4.69, 9.17) is 9.47 Å². The van der Waals surface area contributed by atoms with E-state index in [1.165, 1.54) is 5.56 Å². The molecule has 7 heteroatoms. The molecule has 158 valence electrons. The second-order valence-corrected chi connectivity index (χ2v) is 7.78. The molecule has 1 saturated heterocycles. The molecular weight excluding hydrogens is 382 g/mol. The zero-order valence-corrected chi connectivity index (χ0v) is 17.1. The van der Waals surface area contributed by atoms with Crippen LogP contribution >= 0.6 is 0 Å². The Bertz CT molecular complexity index is 903. The molecule has 1 fully saturated rings. The summed E-state index contributed by atoms with van der Waals surface area (Å²) in [4.78, 5) is 26.6. The van der Waals surface area contributed by atoms with E-state index in [-0.39, 0.29) is 30.4 Å². The van der Waals surface area contributed by atoms with Gasteiger partial charge in [-0.15, -0.1) is 0 Å². The standard InChI is InChI=1S/C23H27N3O4/c1-16(7-8-17-5-3-2-4-6-17)24-23(28)25-18-13-22(27)26(15-18)19-9-10-20-21(14-19)30-12-11-29-20/h2-6,9-10,14,16,18H,7-8,11-13,15H2,1H3,(H2,24,25,28)/t16-,18-/m1/s1. The van der Waals surface area contributed by atoms with E-state index in [1.54, 1.807) is 4.90 Å². The molecule has 0 radical (unpaired) electrons. The fraction of sp³-hybridized carbons (Fsp3) is 0.391. The molecule has 2 aromatic carbocycles. The molecule has 2 N–H and O–H groups in total. The first-order valence-corrected chi connectivity index (χ1v) is 10.4. The van der Waals surface area contributed by atoms with Crippen LogP contribution in [0.4, 0.5) is 10.5 Å². The summed E-state index contributed by atoms with van der Waals surface area (Å²) in [6.45, 7) is 3.45. The highest BCUT2D eigenvalue weighted by atomic mass is 16.6. The number of carbonyl (C=O) groups excluding carboxylic acids is 2. The molecule has 2 aliphatic heterocycles. The molecule has 3 amide bonds. The number of rotatable bonds is 6. The quantitative estimate of drug-likeness (QED) is 0.769. The smallest absolute Gasteiger partial charge is 0.315 e. The van der Waals surface area contributed by atoms with E-state index in [1.807, 2.05) is 43.3 Å². The molecule has 2 aromatic rings. The molecular formula is C23H27N3O4. The minimum Gasteiger partial charge on any atom is -0.486 e. The van der Waals surface area contributed by atoms with Gasteiger partial charge in [-0.05, 0) is 37.5 Å². The summed E-state index contributed by atoms with van der Waals surface area (Å²) in [5.41, 5.74) is 2.01. The van der Waals surface area contributed by atoms with Crippen LogP contribution in [-0.4, -0.2) is 43.8 Å². The van der Waals surface area contributed by atoms with Crippen molar-refractivity contribution in [3.8, 4) is 11.5 Å². The Kier molecular flexibility index (Phi) is 6.07. The fourth-order valence-electron chi connectivity index (χ4n) is 3.80. The molecule has 7 nitrogen and oxygen atoms in total. The van der Waals surface area contributed by atoms with Crippen LogP contribution in [0.2, 0.25) is 0 Å². The van der Waals surface area contributed by atoms with Crippen molar-refractivity contribution < 1.29 is 19.1 Å². The molecule has 2 aliphatic rings. The predicted molar refractivity (Wildman–Crippen MR) is 114 cm³/mol. The maximum atomic E-state index is 12.5. The number of carbonyl (C=O) groups is 2. The summed E-state index contributed by atoms with van der Waals surface area (Å²) in [5.74, 6) is 1.32. The number of ether oxygens (including phenoxy) is 2. The van der Waals surface area contributed by atoms with E-state index in [0.717, 1.165) is 18.5 Å². The Morgan fingerprint density at radius 3 is 2.70 bits per heavy atom. The van der Waals surface area contributed by atoms with E-state index in [0.29, 0.717) is 31.3 Å². The van der Waals surface area contributed by atoms with E-state index < -0.39 is 0 Å². The lowest BCUT2D eigenvalue weighted by Crippen LogP contribution is -2.46. The van der Waals surface area contributed by atoms with Crippen LogP contribution in [0.25, 0.3) is 0 Å². The third kappa shape index (κ3) is 4.84. The first-order valence-electron chi connectivity index (χ1n) is 10.4. The molecule has 30 heavy (non-hydrogen) atoms. The van der Waals surface area contributed by atoms with Crippen molar-refractivity contribution in [1.82, 2.24) is 10.6 Å². The predicted octanol–water partition coefficient (Wildman–Crippen LogP) is 2.88. The minimum atomic E-state index is -0.239. The van der Waals surface area contributed by atoms with Crippen LogP contribution in [-0.2, 0) is 11.2 Å². The second kappa shape index (κ2) is 9.07. The number of benzene rings is 2. The summed E-state index contributed by atoms with van der Waals surface area (Å²) in [6, 6.07) is 15.3. The average molecular weight is 409 g/mol. The Morgan fingerprint density at radius 1 is 1.13 bits per heavy atom. The van der Waals surface area contributed by atoms with Crippen molar-refractivity contribution in [2.24, 2.45) is 0 Å². The number of urea groups is 1. The maximum absolute atomic E-state index is 12.5. The van der Waals surface area contributed by atoms with Crippen LogP contribution in [0.15, 0.2) is 48.5 Å². The Hall–Kier alpha value is -3.22. The van der Waals surface area contributed by atoms with Crippen LogP contribution in [0.5, 0.6) is 11.5 Å². The second-order valence-electron chi connectivity index (χ2n) is 7.78. The summed E-state index contributed by atoms with van der Waals surface area (Å²) < 4.78 is 11.1. The Balaban J connectivity index is 1.27. The van der Waals surface area contributed by atoms with Crippen molar-refractivity contribution in [3.63, 3.8) is 0 Å². The number of amides is 3. The summed E-state index contributed by atoms with van der Waals surface area (Å²) in [5, 5.41) is 5.90. The van der Waals surface area contributed by atoms with Gasteiger partial charge in [0.1, 0.15) is 13.2 Å². The van der Waals surface area contributed by atoms with Crippen LogP contribution in [0.1, 0.15) is 25.3 Å². The van der Waals surface area contributed by atoms with Gasteiger partial charge in [-0.25, -0.2) is 4.79 Å². The number of aryl methyl sites for hydroxylation is 1. The highest BCUT2D eigenvalue weighted by Crippen LogP contribution is 2.35. The molecule has 2 atom stereocenters. The van der Waals surface area contributed by atoms with Gasteiger partial charge in [-0.2, -0.15) is 0 Å². The lowest BCUT2D eigenvalue weighted by atomic mass is 10.1. The van der Waals surface area contributed by atoms with Crippen molar-refractivity contribution >= 4 is 17.6 Å². The molecule has 0 saturated carbocycles. The molecule has 4 rings (SSSR count). The van der Waals surface area contributed by atoms with Crippen molar-refractivity contribution in [3.05, 3.63) is 54.1 Å². The summed E-state index contributed by atoms with van der Waals surface area (Å²) in [6.07, 6.45) is 2.03. The van der Waals surface area contributed by atoms with Crippen molar-refractivity contribution in [1.29, 1.82) is 0 Å². The zero-order valence-electron chi connectivity index (χ0n) is 17.1. The Labute approximate surface area is 176 Å². The van der Waals surface area contributed by atoms with Crippen molar-refractivity contribution in [2.75, 3.05) is 24.7 Å². The average Bonchev–Trinajstić information content (AvgIpc) is 3.12. The summed E-state index contributed by atoms with van der Waals surface area (Å²) >= 11 is 0. The number of fused-ring (bicyclic) bond motifs is 1. The minimum absolute atomic E-state index is 0.0193. The molecule has 0 spiro atoms. The number of hydrogen-bond acceptors (Lipinski definition) is 4. The Morgan fingerprint density at radius 2 is 1.90 bits per heavy atom. The highest BCUT2D eigenvalue weighted by Gasteiger charge is 2.32. The third-order valence-corrected chi connectivity index (χ3v) is 5.38. The first-order chi connectivity index (χ1) is 14.6. The number of anilines is 1. The van der Waals surface area contributed by atoms with Gasteiger partial charge < -0.3 is 25.0 Å². The highest BCUT2D eigenvalue weighted by molar-refractivity contribution is 5.97. The molecule has 0 aliphatic carbocycles. The lowest BCUT2D eigenvalue weighted by Gasteiger charge is -2.22. The van der Waals surface area contributed by atoms with Gasteiger partial charge in [-0.3, -0.25) is 4.79 Å².